The highest BCUT2D eigenvalue weighted by Gasteiger charge is 2.17. The zero-order valence-electron chi connectivity index (χ0n) is 8.62. The first-order valence-corrected chi connectivity index (χ1v) is 4.74. The monoisotopic (exact) mass is 196 g/mol. The molecule has 0 aromatic carbocycles. The average Bonchev–Trinajstić information content (AvgIpc) is 2.15. The molecule has 0 saturated heterocycles. The van der Waals surface area contributed by atoms with Crippen LogP contribution in [0.4, 0.5) is 0 Å². The molecule has 1 atom stereocenters. The third-order valence-corrected chi connectivity index (χ3v) is 2.34. The van der Waals surface area contributed by atoms with Gasteiger partial charge in [-0.05, 0) is 18.9 Å². The Kier molecular flexibility index (Phi) is 3.89. The second-order valence-electron chi connectivity index (χ2n) is 3.62. The van der Waals surface area contributed by atoms with Crippen molar-refractivity contribution in [2.24, 2.45) is 5.92 Å². The van der Waals surface area contributed by atoms with Crippen LogP contribution in [0, 0.1) is 5.92 Å². The first kappa shape index (κ1) is 11.0. The predicted octanol–water partition coefficient (Wildman–Crippen LogP) is 1.43. The van der Waals surface area contributed by atoms with Crippen LogP contribution in [0.2, 0.25) is 0 Å². The normalized spacial score (nSPS) is 21.2. The molecule has 14 heavy (non-hydrogen) atoms. The van der Waals surface area contributed by atoms with E-state index in [1.807, 2.05) is 19.1 Å². The lowest BCUT2D eigenvalue weighted by Crippen LogP contribution is -2.17. The maximum absolute atomic E-state index is 10.6. The van der Waals surface area contributed by atoms with Crippen molar-refractivity contribution in [2.75, 3.05) is 13.2 Å². The molecule has 0 aliphatic heterocycles. The molecule has 1 unspecified atom stereocenters. The molecule has 1 aliphatic rings. The fraction of sp³-hybridized carbons (Fsp3) is 0.545. The van der Waals surface area contributed by atoms with Crippen LogP contribution >= 0.6 is 0 Å². The second kappa shape index (κ2) is 4.96. The van der Waals surface area contributed by atoms with Gasteiger partial charge in [0.25, 0.3) is 0 Å². The molecule has 0 spiro atoms. The maximum atomic E-state index is 10.6. The highest BCUT2D eigenvalue weighted by atomic mass is 16.5. The third kappa shape index (κ3) is 3.00. The van der Waals surface area contributed by atoms with Crippen molar-refractivity contribution < 1.29 is 14.6 Å². The highest BCUT2D eigenvalue weighted by molar-refractivity contribution is 5.66. The smallest absolute Gasteiger partial charge is 0.302 e. The minimum atomic E-state index is -0.283. The van der Waals surface area contributed by atoms with Gasteiger partial charge >= 0.3 is 5.97 Å². The Bertz CT molecular complexity index is 276. The Morgan fingerprint density at radius 1 is 1.64 bits per heavy atom. The van der Waals surface area contributed by atoms with Gasteiger partial charge in [-0.15, -0.1) is 0 Å². The molecule has 1 aliphatic carbocycles. The van der Waals surface area contributed by atoms with Crippen LogP contribution < -0.4 is 0 Å². The number of aliphatic hydroxyl groups excluding tert-OH is 1. The zero-order valence-corrected chi connectivity index (χ0v) is 8.62. The van der Waals surface area contributed by atoms with E-state index in [2.05, 4.69) is 0 Å². The van der Waals surface area contributed by atoms with Crippen LogP contribution in [-0.2, 0) is 9.53 Å². The van der Waals surface area contributed by atoms with Gasteiger partial charge in [-0.25, -0.2) is 0 Å². The number of hydrogen-bond donors (Lipinski definition) is 1. The number of rotatable bonds is 3. The first-order valence-electron chi connectivity index (χ1n) is 4.74. The summed E-state index contributed by atoms with van der Waals surface area (Å²) in [4.78, 5) is 10.6. The van der Waals surface area contributed by atoms with Gasteiger partial charge in [0.1, 0.15) is 6.61 Å². The molecule has 3 heteroatoms. The van der Waals surface area contributed by atoms with E-state index in [0.29, 0.717) is 6.61 Å². The second-order valence-corrected chi connectivity index (χ2v) is 3.62. The van der Waals surface area contributed by atoms with Gasteiger partial charge in [-0.1, -0.05) is 17.7 Å². The Morgan fingerprint density at radius 2 is 2.36 bits per heavy atom. The van der Waals surface area contributed by atoms with E-state index in [1.165, 1.54) is 12.5 Å². The molecular formula is C11H16O3. The minimum absolute atomic E-state index is 0.109. The van der Waals surface area contributed by atoms with Gasteiger partial charge in [0.15, 0.2) is 0 Å². The van der Waals surface area contributed by atoms with Gasteiger partial charge in [-0.2, -0.15) is 0 Å². The Labute approximate surface area is 84.1 Å². The van der Waals surface area contributed by atoms with Crippen molar-refractivity contribution in [2.45, 2.75) is 20.3 Å². The lowest BCUT2D eigenvalue weighted by Gasteiger charge is -2.21. The van der Waals surface area contributed by atoms with Crippen LogP contribution in [0.5, 0.6) is 0 Å². The quantitative estimate of drug-likeness (QED) is 0.695. The van der Waals surface area contributed by atoms with Crippen LogP contribution in [0.15, 0.2) is 23.3 Å². The average molecular weight is 196 g/mol. The zero-order chi connectivity index (χ0) is 10.6. The number of esters is 1. The predicted molar refractivity (Wildman–Crippen MR) is 53.7 cm³/mol. The Morgan fingerprint density at radius 3 is 2.93 bits per heavy atom. The molecule has 0 saturated carbocycles. The number of ether oxygens (including phenoxy) is 1. The van der Waals surface area contributed by atoms with Crippen molar-refractivity contribution in [3.05, 3.63) is 23.3 Å². The third-order valence-electron chi connectivity index (χ3n) is 2.34. The number of allylic oxidation sites excluding steroid dienone is 3. The number of aliphatic hydroxyl groups is 1. The topological polar surface area (TPSA) is 46.5 Å². The van der Waals surface area contributed by atoms with E-state index in [0.717, 1.165) is 12.0 Å². The summed E-state index contributed by atoms with van der Waals surface area (Å²) in [6, 6.07) is 0. The van der Waals surface area contributed by atoms with Crippen molar-refractivity contribution in [3.8, 4) is 0 Å². The van der Waals surface area contributed by atoms with Gasteiger partial charge in [-0.3, -0.25) is 4.79 Å². The van der Waals surface area contributed by atoms with Crippen molar-refractivity contribution in [3.63, 3.8) is 0 Å². The van der Waals surface area contributed by atoms with E-state index in [4.69, 9.17) is 9.84 Å². The molecule has 0 heterocycles. The molecule has 78 valence electrons. The summed E-state index contributed by atoms with van der Waals surface area (Å²) >= 11 is 0. The summed E-state index contributed by atoms with van der Waals surface area (Å²) in [6.45, 7) is 3.82. The van der Waals surface area contributed by atoms with E-state index < -0.39 is 0 Å². The van der Waals surface area contributed by atoms with E-state index in [-0.39, 0.29) is 18.5 Å². The van der Waals surface area contributed by atoms with Gasteiger partial charge in [0, 0.05) is 12.8 Å². The fourth-order valence-electron chi connectivity index (χ4n) is 1.51. The lowest BCUT2D eigenvalue weighted by molar-refractivity contribution is -0.140. The molecule has 0 aromatic rings. The largest absolute Gasteiger partial charge is 0.461 e. The van der Waals surface area contributed by atoms with Crippen LogP contribution in [0.25, 0.3) is 0 Å². The summed E-state index contributed by atoms with van der Waals surface area (Å²) in [5.41, 5.74) is 2.24. The van der Waals surface area contributed by atoms with Crippen LogP contribution in [0.1, 0.15) is 20.3 Å². The SMILES string of the molecule is CC(=O)OCC1=CC=C(C)CC1CO. The van der Waals surface area contributed by atoms with Crippen LogP contribution in [0.3, 0.4) is 0 Å². The van der Waals surface area contributed by atoms with Gasteiger partial charge in [0.05, 0.1) is 6.61 Å². The molecule has 1 N–H and O–H groups in total. The summed E-state index contributed by atoms with van der Waals surface area (Å²) in [5.74, 6) is -0.173. The van der Waals surface area contributed by atoms with Crippen molar-refractivity contribution in [1.29, 1.82) is 0 Å². The van der Waals surface area contributed by atoms with E-state index in [1.54, 1.807) is 0 Å². The molecule has 0 fully saturated rings. The Hall–Kier alpha value is -1.09. The first-order chi connectivity index (χ1) is 6.63. The highest BCUT2D eigenvalue weighted by Crippen LogP contribution is 2.24. The minimum Gasteiger partial charge on any atom is -0.461 e. The van der Waals surface area contributed by atoms with Crippen molar-refractivity contribution >= 4 is 5.97 Å². The van der Waals surface area contributed by atoms with Gasteiger partial charge in [0.2, 0.25) is 0 Å². The number of carbonyl (C=O) groups is 1. The molecule has 0 radical (unpaired) electrons. The standard InChI is InChI=1S/C11H16O3/c1-8-3-4-10(7-14-9(2)13)11(5-8)6-12/h3-4,11-12H,5-7H2,1-2H3. The number of hydrogen-bond acceptors (Lipinski definition) is 3. The molecule has 0 bridgehead atoms. The Balaban J connectivity index is 2.59. The molecule has 0 aromatic heterocycles. The van der Waals surface area contributed by atoms with Crippen molar-refractivity contribution in [1.82, 2.24) is 0 Å². The maximum Gasteiger partial charge on any atom is 0.302 e. The molecule has 0 amide bonds. The summed E-state index contributed by atoms with van der Waals surface area (Å²) < 4.78 is 4.90. The van der Waals surface area contributed by atoms with Crippen LogP contribution in [-0.4, -0.2) is 24.3 Å². The summed E-state index contributed by atoms with van der Waals surface area (Å²) in [5, 5.41) is 9.14. The number of carbonyl (C=O) groups excluding carboxylic acids is 1. The molecule has 1 rings (SSSR count). The molecular weight excluding hydrogens is 180 g/mol. The van der Waals surface area contributed by atoms with E-state index in [9.17, 15) is 4.79 Å². The summed E-state index contributed by atoms with van der Waals surface area (Å²) in [7, 11) is 0. The van der Waals surface area contributed by atoms with Gasteiger partial charge < -0.3 is 9.84 Å². The fourth-order valence-corrected chi connectivity index (χ4v) is 1.51. The molecule has 3 nitrogen and oxygen atoms in total. The van der Waals surface area contributed by atoms with E-state index >= 15 is 0 Å². The summed E-state index contributed by atoms with van der Waals surface area (Å²) in [6.07, 6.45) is 4.79. The lowest BCUT2D eigenvalue weighted by atomic mass is 9.89.